The van der Waals surface area contributed by atoms with Crippen molar-refractivity contribution in [2.45, 2.75) is 6.42 Å². The normalized spacial score (nSPS) is 10.1. The van der Waals surface area contributed by atoms with E-state index >= 15 is 0 Å². The van der Waals surface area contributed by atoms with Crippen molar-refractivity contribution in [1.82, 2.24) is 4.98 Å². The number of aromatic nitrogens is 1. The van der Waals surface area contributed by atoms with Crippen LogP contribution in [0, 0.1) is 11.3 Å². The van der Waals surface area contributed by atoms with Crippen molar-refractivity contribution in [1.29, 1.82) is 5.26 Å². The Morgan fingerprint density at radius 1 is 1.19 bits per heavy atom. The van der Waals surface area contributed by atoms with Gasteiger partial charge in [-0.1, -0.05) is 12.1 Å². The minimum atomic E-state index is -0.297. The van der Waals surface area contributed by atoms with Crippen LogP contribution in [0.5, 0.6) is 11.5 Å². The van der Waals surface area contributed by atoms with Crippen LogP contribution >= 0.6 is 11.3 Å². The molecule has 1 aromatic heterocycles. The number of hydrogen-bond acceptors (Lipinski definition) is 6. The number of ether oxygens (including phenoxy) is 2. The van der Waals surface area contributed by atoms with Crippen LogP contribution in [0.4, 0.5) is 5.13 Å². The average Bonchev–Trinajstić information content (AvgIpc) is 3.14. The van der Waals surface area contributed by atoms with E-state index in [2.05, 4.69) is 16.4 Å². The lowest BCUT2D eigenvalue weighted by Gasteiger charge is -2.09. The van der Waals surface area contributed by atoms with Crippen LogP contribution in [-0.4, -0.2) is 25.1 Å². The zero-order valence-electron chi connectivity index (χ0n) is 14.9. The van der Waals surface area contributed by atoms with Gasteiger partial charge in [0, 0.05) is 23.6 Å². The highest BCUT2D eigenvalue weighted by Crippen LogP contribution is 2.27. The molecule has 0 radical (unpaired) electrons. The third kappa shape index (κ3) is 4.43. The Labute approximate surface area is 161 Å². The lowest BCUT2D eigenvalue weighted by Crippen LogP contribution is -2.13. The van der Waals surface area contributed by atoms with Gasteiger partial charge in [-0.05, 0) is 29.8 Å². The molecule has 0 aliphatic heterocycles. The zero-order valence-corrected chi connectivity index (χ0v) is 15.7. The molecule has 2 aromatic carbocycles. The molecule has 3 aromatic rings. The quantitative estimate of drug-likeness (QED) is 0.703. The monoisotopic (exact) mass is 379 g/mol. The van der Waals surface area contributed by atoms with E-state index in [1.807, 2.05) is 12.1 Å². The Morgan fingerprint density at radius 2 is 1.96 bits per heavy atom. The largest absolute Gasteiger partial charge is 0.497 e. The summed E-state index contributed by atoms with van der Waals surface area (Å²) in [5, 5.41) is 12.2. The van der Waals surface area contributed by atoms with E-state index in [0.29, 0.717) is 34.2 Å². The molecular weight excluding hydrogens is 362 g/mol. The van der Waals surface area contributed by atoms with E-state index in [1.165, 1.54) is 18.4 Å². The summed E-state index contributed by atoms with van der Waals surface area (Å²) in [5.74, 6) is 0.748. The van der Waals surface area contributed by atoms with Crippen LogP contribution in [0.1, 0.15) is 26.4 Å². The summed E-state index contributed by atoms with van der Waals surface area (Å²) in [4.78, 5) is 17.8. The van der Waals surface area contributed by atoms with Gasteiger partial charge < -0.3 is 9.47 Å². The molecule has 136 valence electrons. The molecule has 0 aliphatic carbocycles. The highest BCUT2D eigenvalue weighted by Gasteiger charge is 2.15. The van der Waals surface area contributed by atoms with Gasteiger partial charge in [-0.25, -0.2) is 4.98 Å². The van der Waals surface area contributed by atoms with Crippen LogP contribution in [0.15, 0.2) is 48.7 Å². The first-order valence-electron chi connectivity index (χ1n) is 8.10. The third-order valence-corrected chi connectivity index (χ3v) is 4.80. The lowest BCUT2D eigenvalue weighted by atomic mass is 10.1. The van der Waals surface area contributed by atoms with E-state index in [0.717, 1.165) is 10.4 Å². The van der Waals surface area contributed by atoms with Gasteiger partial charge in [-0.2, -0.15) is 5.26 Å². The number of hydrogen-bond donors (Lipinski definition) is 1. The molecule has 0 aliphatic rings. The van der Waals surface area contributed by atoms with Crippen molar-refractivity contribution in [3.63, 3.8) is 0 Å². The molecule has 0 fully saturated rings. The first-order chi connectivity index (χ1) is 13.1. The fourth-order valence-corrected chi connectivity index (χ4v) is 3.34. The fraction of sp³-hybridized carbons (Fsp3) is 0.150. The van der Waals surface area contributed by atoms with E-state index in [9.17, 15) is 4.79 Å². The smallest absolute Gasteiger partial charge is 0.261 e. The van der Waals surface area contributed by atoms with Crippen molar-refractivity contribution in [2.75, 3.05) is 19.5 Å². The Hall–Kier alpha value is -3.37. The molecule has 27 heavy (non-hydrogen) atoms. The third-order valence-electron chi connectivity index (χ3n) is 3.89. The molecule has 1 amide bonds. The number of anilines is 1. The van der Waals surface area contributed by atoms with Crippen LogP contribution in [0.3, 0.4) is 0 Å². The van der Waals surface area contributed by atoms with E-state index in [4.69, 9.17) is 14.7 Å². The zero-order chi connectivity index (χ0) is 19.2. The van der Waals surface area contributed by atoms with Crippen molar-refractivity contribution in [2.24, 2.45) is 0 Å². The van der Waals surface area contributed by atoms with Gasteiger partial charge in [0.25, 0.3) is 5.91 Å². The molecule has 0 unspecified atom stereocenters. The lowest BCUT2D eigenvalue weighted by molar-refractivity contribution is 0.102. The second-order valence-corrected chi connectivity index (χ2v) is 6.75. The number of nitriles is 1. The first-order valence-corrected chi connectivity index (χ1v) is 8.91. The second-order valence-electron chi connectivity index (χ2n) is 5.64. The molecule has 0 saturated carbocycles. The molecule has 0 atom stereocenters. The van der Waals surface area contributed by atoms with Crippen molar-refractivity contribution >= 4 is 22.4 Å². The number of nitrogens with zero attached hydrogens (tertiary/aromatic N) is 2. The molecular formula is C20H17N3O3S. The first kappa shape index (κ1) is 18.4. The summed E-state index contributed by atoms with van der Waals surface area (Å²) < 4.78 is 10.4. The van der Waals surface area contributed by atoms with E-state index in [1.54, 1.807) is 43.6 Å². The number of carbonyl (C=O) groups excluding carboxylic acids is 1. The number of amides is 1. The summed E-state index contributed by atoms with van der Waals surface area (Å²) in [6.45, 7) is 0. The highest BCUT2D eigenvalue weighted by atomic mass is 32.1. The van der Waals surface area contributed by atoms with Gasteiger partial charge in [0.2, 0.25) is 0 Å². The second kappa shape index (κ2) is 8.34. The van der Waals surface area contributed by atoms with Crippen LogP contribution in [-0.2, 0) is 6.42 Å². The summed E-state index contributed by atoms with van der Waals surface area (Å²) >= 11 is 1.41. The molecule has 0 saturated heterocycles. The summed E-state index contributed by atoms with van der Waals surface area (Å²) in [6, 6.07) is 14.5. The SMILES string of the molecule is COc1ccc(C(=O)Nc2ncc(Cc3ccc(C#N)cc3)s2)c(OC)c1. The number of thiazole rings is 1. The standard InChI is InChI=1S/C20H17N3O3S/c1-25-15-7-8-17(18(10-15)26-2)19(24)23-20-22-12-16(27-20)9-13-3-5-14(11-21)6-4-13/h3-8,10,12H,9H2,1-2H3,(H,22,23,24). The Bertz CT molecular complexity index is 990. The van der Waals surface area contributed by atoms with E-state index in [-0.39, 0.29) is 5.91 Å². The van der Waals surface area contributed by atoms with Crippen LogP contribution < -0.4 is 14.8 Å². The number of rotatable bonds is 6. The number of carbonyl (C=O) groups is 1. The van der Waals surface area contributed by atoms with Gasteiger partial charge in [0.05, 0.1) is 31.4 Å². The predicted octanol–water partition coefficient (Wildman–Crippen LogP) is 3.88. The Balaban J connectivity index is 1.70. The maximum Gasteiger partial charge on any atom is 0.261 e. The molecule has 7 heteroatoms. The van der Waals surface area contributed by atoms with Crippen molar-refractivity contribution in [3.8, 4) is 17.6 Å². The molecule has 1 heterocycles. The maximum atomic E-state index is 12.5. The van der Waals surface area contributed by atoms with Crippen LogP contribution in [0.25, 0.3) is 0 Å². The number of methoxy groups -OCH3 is 2. The fourth-order valence-electron chi connectivity index (χ4n) is 2.50. The number of benzene rings is 2. The predicted molar refractivity (Wildman–Crippen MR) is 104 cm³/mol. The molecule has 3 rings (SSSR count). The van der Waals surface area contributed by atoms with Crippen LogP contribution in [0.2, 0.25) is 0 Å². The van der Waals surface area contributed by atoms with Gasteiger partial charge in [-0.3, -0.25) is 10.1 Å². The minimum absolute atomic E-state index is 0.297. The number of nitrogens with one attached hydrogen (secondary N) is 1. The van der Waals surface area contributed by atoms with Gasteiger partial charge >= 0.3 is 0 Å². The highest BCUT2D eigenvalue weighted by molar-refractivity contribution is 7.15. The minimum Gasteiger partial charge on any atom is -0.497 e. The van der Waals surface area contributed by atoms with Gasteiger partial charge in [0.15, 0.2) is 5.13 Å². The van der Waals surface area contributed by atoms with E-state index < -0.39 is 0 Å². The Morgan fingerprint density at radius 3 is 2.63 bits per heavy atom. The van der Waals surface area contributed by atoms with Crippen molar-refractivity contribution in [3.05, 3.63) is 70.2 Å². The average molecular weight is 379 g/mol. The summed E-state index contributed by atoms with van der Waals surface area (Å²) in [5.41, 5.74) is 2.11. The Kier molecular flexibility index (Phi) is 5.69. The summed E-state index contributed by atoms with van der Waals surface area (Å²) in [6.07, 6.45) is 2.43. The van der Waals surface area contributed by atoms with Gasteiger partial charge in [0.1, 0.15) is 11.5 Å². The molecule has 0 bridgehead atoms. The van der Waals surface area contributed by atoms with Crippen molar-refractivity contribution < 1.29 is 14.3 Å². The molecule has 1 N–H and O–H groups in total. The maximum absolute atomic E-state index is 12.5. The summed E-state index contributed by atoms with van der Waals surface area (Å²) in [7, 11) is 3.06. The molecule has 6 nitrogen and oxygen atoms in total. The van der Waals surface area contributed by atoms with Gasteiger partial charge in [-0.15, -0.1) is 11.3 Å². The topological polar surface area (TPSA) is 84.2 Å². The molecule has 0 spiro atoms.